The van der Waals surface area contributed by atoms with E-state index in [1.54, 1.807) is 9.80 Å². The third-order valence-electron chi connectivity index (χ3n) is 8.81. The number of carboxylic acid groups (broad SMARTS) is 1. The quantitative estimate of drug-likeness (QED) is 0.385. The van der Waals surface area contributed by atoms with Crippen molar-refractivity contribution < 1.29 is 29.3 Å². The lowest BCUT2D eigenvalue weighted by Crippen LogP contribution is -2.46. The van der Waals surface area contributed by atoms with Gasteiger partial charge in [0.2, 0.25) is 11.8 Å². The van der Waals surface area contributed by atoms with Crippen molar-refractivity contribution in [1.82, 2.24) is 9.80 Å². The molecule has 220 valence electrons. The number of carboxylic acids is 1. The highest BCUT2D eigenvalue weighted by molar-refractivity contribution is 6.01. The van der Waals surface area contributed by atoms with E-state index >= 15 is 0 Å². The van der Waals surface area contributed by atoms with Crippen molar-refractivity contribution in [2.45, 2.75) is 57.4 Å². The first-order chi connectivity index (χ1) is 19.9. The van der Waals surface area contributed by atoms with E-state index in [0.717, 1.165) is 47.4 Å². The zero-order valence-electron chi connectivity index (χ0n) is 23.8. The number of aliphatic hydroxyl groups excluding tert-OH is 1. The number of benzene rings is 2. The highest BCUT2D eigenvalue weighted by atomic mass is 16.5. The molecule has 0 bridgehead atoms. The second-order valence-corrected chi connectivity index (χ2v) is 11.4. The second-order valence-electron chi connectivity index (χ2n) is 11.4. The summed E-state index contributed by atoms with van der Waals surface area (Å²) < 4.78 is 5.68. The van der Waals surface area contributed by atoms with Gasteiger partial charge in [0.1, 0.15) is 5.75 Å². The number of aliphatic carboxylic acids is 1. The van der Waals surface area contributed by atoms with Gasteiger partial charge in [-0.1, -0.05) is 43.7 Å². The van der Waals surface area contributed by atoms with E-state index in [2.05, 4.69) is 13.0 Å². The number of aliphatic hydroxyl groups is 1. The molecule has 1 unspecified atom stereocenters. The standard InChI is InChI=1S/C32H41N3O6/c1-2-3-13-33(14-6-16-36)30(38)21-34-20-25(22-9-10-28-24(18-22)12-17-41-28)31(32(39)40)27(34)11-15-35-26-8-5-4-7-23(26)19-29(35)37/h4-5,7-10,18,25,27,31,36H,2-3,6,11-17,19-21H2,1H3,(H,39,40)/t25-,27+,31?/m1/s1. The molecule has 3 aliphatic rings. The number of carbonyl (C=O) groups is 3. The molecule has 9 heteroatoms. The molecular formula is C32H41N3O6. The summed E-state index contributed by atoms with van der Waals surface area (Å²) in [7, 11) is 0. The molecule has 2 N–H and O–H groups in total. The van der Waals surface area contributed by atoms with Crippen LogP contribution >= 0.6 is 0 Å². The molecule has 5 rings (SSSR count). The lowest BCUT2D eigenvalue weighted by atomic mass is 9.83. The Morgan fingerprint density at radius 1 is 1.10 bits per heavy atom. The second kappa shape index (κ2) is 13.0. The Morgan fingerprint density at radius 3 is 2.68 bits per heavy atom. The van der Waals surface area contributed by atoms with Crippen molar-refractivity contribution in [3.05, 3.63) is 59.2 Å². The number of unbranched alkanes of at least 4 members (excludes halogenated alkanes) is 1. The lowest BCUT2D eigenvalue weighted by molar-refractivity contribution is -0.143. The van der Waals surface area contributed by atoms with Gasteiger partial charge in [-0.3, -0.25) is 19.3 Å². The number of rotatable bonds is 13. The van der Waals surface area contributed by atoms with Crippen LogP contribution in [0.3, 0.4) is 0 Å². The molecule has 1 saturated heterocycles. The molecule has 0 saturated carbocycles. The number of para-hydroxylation sites is 1. The summed E-state index contributed by atoms with van der Waals surface area (Å²) in [6.07, 6.45) is 3.92. The van der Waals surface area contributed by atoms with Crippen LogP contribution in [0.5, 0.6) is 5.75 Å². The van der Waals surface area contributed by atoms with Gasteiger partial charge >= 0.3 is 5.97 Å². The van der Waals surface area contributed by atoms with E-state index in [1.165, 1.54) is 0 Å². The minimum absolute atomic E-state index is 0.0127. The van der Waals surface area contributed by atoms with E-state index in [1.807, 2.05) is 41.3 Å². The fourth-order valence-corrected chi connectivity index (χ4v) is 6.70. The fourth-order valence-electron chi connectivity index (χ4n) is 6.70. The summed E-state index contributed by atoms with van der Waals surface area (Å²) in [4.78, 5) is 45.0. The molecule has 0 aromatic heterocycles. The molecule has 41 heavy (non-hydrogen) atoms. The largest absolute Gasteiger partial charge is 0.493 e. The Bertz CT molecular complexity index is 1260. The molecule has 3 heterocycles. The molecule has 9 nitrogen and oxygen atoms in total. The molecule has 3 atom stereocenters. The van der Waals surface area contributed by atoms with Crippen LogP contribution in [0.4, 0.5) is 5.69 Å². The van der Waals surface area contributed by atoms with Gasteiger partial charge in [0.25, 0.3) is 0 Å². The van der Waals surface area contributed by atoms with E-state index in [4.69, 9.17) is 4.74 Å². The van der Waals surface area contributed by atoms with Crippen molar-refractivity contribution in [3.8, 4) is 5.75 Å². The summed E-state index contributed by atoms with van der Waals surface area (Å²) in [5.41, 5.74) is 3.91. The van der Waals surface area contributed by atoms with Crippen LogP contribution in [0.25, 0.3) is 0 Å². The normalized spacial score (nSPS) is 21.6. The Balaban J connectivity index is 1.41. The Morgan fingerprint density at radius 2 is 1.90 bits per heavy atom. The van der Waals surface area contributed by atoms with Gasteiger partial charge in [-0.2, -0.15) is 0 Å². The highest BCUT2D eigenvalue weighted by Crippen LogP contribution is 2.41. The number of ether oxygens (including phenoxy) is 1. The van der Waals surface area contributed by atoms with Gasteiger partial charge in [0.05, 0.1) is 25.5 Å². The van der Waals surface area contributed by atoms with Crippen LogP contribution < -0.4 is 9.64 Å². The number of hydrogen-bond donors (Lipinski definition) is 2. The topological polar surface area (TPSA) is 111 Å². The van der Waals surface area contributed by atoms with Crippen molar-refractivity contribution >= 4 is 23.5 Å². The first-order valence-electron chi connectivity index (χ1n) is 14.9. The molecule has 2 aromatic rings. The summed E-state index contributed by atoms with van der Waals surface area (Å²) in [6.45, 7) is 4.75. The maximum absolute atomic E-state index is 13.6. The van der Waals surface area contributed by atoms with Crippen molar-refractivity contribution in [1.29, 1.82) is 0 Å². The molecule has 0 radical (unpaired) electrons. The third-order valence-corrected chi connectivity index (χ3v) is 8.81. The molecule has 0 spiro atoms. The van der Waals surface area contributed by atoms with Crippen LogP contribution in [-0.4, -0.2) is 89.8 Å². The summed E-state index contributed by atoms with van der Waals surface area (Å²) in [6, 6.07) is 13.3. The number of amides is 2. The first kappa shape index (κ1) is 29.1. The monoisotopic (exact) mass is 563 g/mol. The van der Waals surface area contributed by atoms with Crippen LogP contribution in [0.2, 0.25) is 0 Å². The van der Waals surface area contributed by atoms with E-state index in [-0.39, 0.29) is 30.9 Å². The molecule has 0 aliphatic carbocycles. The SMILES string of the molecule is CCCCN(CCCO)C(=O)CN1C[C@H](c2ccc3c(c2)CCO3)C(C(=O)O)[C@@H]1CCN1C(=O)Cc2ccccc21. The molecular weight excluding hydrogens is 522 g/mol. The zero-order valence-corrected chi connectivity index (χ0v) is 23.8. The third kappa shape index (κ3) is 6.26. The maximum Gasteiger partial charge on any atom is 0.308 e. The van der Waals surface area contributed by atoms with Crippen LogP contribution in [0, 0.1) is 5.92 Å². The Hall–Kier alpha value is -3.43. The number of carbonyl (C=O) groups excluding carboxylic acids is 2. The highest BCUT2D eigenvalue weighted by Gasteiger charge is 2.47. The van der Waals surface area contributed by atoms with Crippen LogP contribution in [0.1, 0.15) is 55.2 Å². The van der Waals surface area contributed by atoms with E-state index in [0.29, 0.717) is 52.0 Å². The summed E-state index contributed by atoms with van der Waals surface area (Å²) in [5, 5.41) is 19.9. The van der Waals surface area contributed by atoms with Gasteiger partial charge in [-0.15, -0.1) is 0 Å². The summed E-state index contributed by atoms with van der Waals surface area (Å²) >= 11 is 0. The Kier molecular flexibility index (Phi) is 9.25. The predicted octanol–water partition coefficient (Wildman–Crippen LogP) is 3.08. The van der Waals surface area contributed by atoms with Gasteiger partial charge in [-0.25, -0.2) is 0 Å². The lowest BCUT2D eigenvalue weighted by Gasteiger charge is -2.31. The molecule has 2 aromatic carbocycles. The number of nitrogens with zero attached hydrogens (tertiary/aromatic N) is 3. The maximum atomic E-state index is 13.6. The molecule has 2 amide bonds. The molecule has 3 aliphatic heterocycles. The molecule has 1 fully saturated rings. The number of likely N-dealkylation sites (tertiary alicyclic amines) is 1. The average Bonchev–Trinajstić information content (AvgIpc) is 3.66. The summed E-state index contributed by atoms with van der Waals surface area (Å²) in [5.74, 6) is -1.08. The Labute approximate surface area is 241 Å². The fraction of sp³-hybridized carbons (Fsp3) is 0.531. The minimum Gasteiger partial charge on any atom is -0.493 e. The van der Waals surface area contributed by atoms with Gasteiger partial charge in [0, 0.05) is 56.9 Å². The van der Waals surface area contributed by atoms with E-state index < -0.39 is 17.9 Å². The smallest absolute Gasteiger partial charge is 0.308 e. The van der Waals surface area contributed by atoms with Crippen molar-refractivity contribution in [2.75, 3.05) is 50.8 Å². The van der Waals surface area contributed by atoms with Crippen molar-refractivity contribution in [2.24, 2.45) is 5.92 Å². The average molecular weight is 564 g/mol. The van der Waals surface area contributed by atoms with Gasteiger partial charge < -0.3 is 24.7 Å². The van der Waals surface area contributed by atoms with Crippen LogP contribution in [-0.2, 0) is 27.2 Å². The number of hydrogen-bond acceptors (Lipinski definition) is 6. The van der Waals surface area contributed by atoms with Crippen LogP contribution in [0.15, 0.2) is 42.5 Å². The zero-order chi connectivity index (χ0) is 28.9. The number of anilines is 1. The minimum atomic E-state index is -0.886. The van der Waals surface area contributed by atoms with E-state index in [9.17, 15) is 24.6 Å². The first-order valence-corrected chi connectivity index (χ1v) is 14.9. The van der Waals surface area contributed by atoms with Crippen molar-refractivity contribution in [3.63, 3.8) is 0 Å². The van der Waals surface area contributed by atoms with Gasteiger partial charge in [0.15, 0.2) is 0 Å². The number of fused-ring (bicyclic) bond motifs is 2. The predicted molar refractivity (Wildman–Crippen MR) is 155 cm³/mol. The van der Waals surface area contributed by atoms with Gasteiger partial charge in [-0.05, 0) is 48.1 Å².